The van der Waals surface area contributed by atoms with Gasteiger partial charge in [0.2, 0.25) is 0 Å². The highest BCUT2D eigenvalue weighted by Crippen LogP contribution is 1.88. The Morgan fingerprint density at radius 1 is 1.38 bits per heavy atom. The average molecular weight is 182 g/mol. The van der Waals surface area contributed by atoms with E-state index in [0.29, 0.717) is 0 Å². The second-order valence-electron chi connectivity index (χ2n) is 2.45. The predicted octanol–water partition coefficient (Wildman–Crippen LogP) is 3.13. The lowest BCUT2D eigenvalue weighted by molar-refractivity contribution is 0.796. The van der Waals surface area contributed by atoms with Crippen molar-refractivity contribution in [1.29, 1.82) is 0 Å². The van der Waals surface area contributed by atoms with Crippen LogP contribution in [0, 0.1) is 0 Å². The Hall–Kier alpha value is -1.05. The molecule has 2 nitrogen and oxygen atoms in total. The van der Waals surface area contributed by atoms with Crippen LogP contribution in [0.2, 0.25) is 0 Å². The lowest BCUT2D eigenvalue weighted by atomic mass is 10.4. The van der Waals surface area contributed by atoms with Gasteiger partial charge in [-0.05, 0) is 13.3 Å². The number of allylic oxidation sites excluding steroid dienone is 2. The molecule has 0 saturated carbocycles. The van der Waals surface area contributed by atoms with Crippen LogP contribution in [0.3, 0.4) is 0 Å². The van der Waals surface area contributed by atoms with Crippen molar-refractivity contribution in [3.05, 3.63) is 24.6 Å². The summed E-state index contributed by atoms with van der Waals surface area (Å²) in [5.74, 6) is 0. The zero-order valence-corrected chi connectivity index (χ0v) is 9.35. The van der Waals surface area contributed by atoms with Gasteiger partial charge in [0.05, 0.1) is 0 Å². The van der Waals surface area contributed by atoms with Crippen molar-refractivity contribution in [2.24, 2.45) is 4.99 Å². The van der Waals surface area contributed by atoms with E-state index in [4.69, 9.17) is 0 Å². The quantitative estimate of drug-likeness (QED) is 0.649. The minimum Gasteiger partial charge on any atom is -0.384 e. The molecule has 0 aromatic carbocycles. The Kier molecular flexibility index (Phi) is 12.2. The first kappa shape index (κ1) is 14.5. The molecule has 0 atom stereocenters. The molecule has 0 aromatic rings. The number of hydrogen-bond acceptors (Lipinski definition) is 2. The van der Waals surface area contributed by atoms with Gasteiger partial charge in [-0.1, -0.05) is 33.9 Å². The first-order valence-electron chi connectivity index (χ1n) is 4.79. The number of nitrogens with one attached hydrogen (secondary N) is 1. The van der Waals surface area contributed by atoms with Crippen molar-refractivity contribution in [2.45, 2.75) is 34.1 Å². The third-order valence-electron chi connectivity index (χ3n) is 1.04. The second kappa shape index (κ2) is 11.0. The predicted molar refractivity (Wildman–Crippen MR) is 62.1 cm³/mol. The van der Waals surface area contributed by atoms with Crippen molar-refractivity contribution < 1.29 is 0 Å². The lowest BCUT2D eigenvalue weighted by Crippen LogP contribution is -2.13. The zero-order chi connectivity index (χ0) is 10.7. The molecule has 0 fully saturated rings. The SMILES string of the molecule is C=C(C)N=CC(=C)NCCC.CC. The van der Waals surface area contributed by atoms with E-state index in [1.165, 1.54) is 0 Å². The fourth-order valence-corrected chi connectivity index (χ4v) is 0.519. The molecule has 0 amide bonds. The van der Waals surface area contributed by atoms with Gasteiger partial charge in [-0.2, -0.15) is 0 Å². The Balaban J connectivity index is 0. The van der Waals surface area contributed by atoms with E-state index in [-0.39, 0.29) is 0 Å². The summed E-state index contributed by atoms with van der Waals surface area (Å²) in [6, 6.07) is 0. The van der Waals surface area contributed by atoms with Gasteiger partial charge in [0, 0.05) is 24.2 Å². The molecule has 0 saturated heterocycles. The first-order valence-corrected chi connectivity index (χ1v) is 4.79. The van der Waals surface area contributed by atoms with Gasteiger partial charge >= 0.3 is 0 Å². The molecular weight excluding hydrogens is 160 g/mol. The van der Waals surface area contributed by atoms with Gasteiger partial charge in [0.25, 0.3) is 0 Å². The standard InChI is InChI=1S/C9H16N2.C2H6/c1-5-6-10-9(4)7-11-8(2)3;1-2/h7,10H,2,4-6H2,1,3H3;1-2H3. The number of nitrogens with zero attached hydrogens (tertiary/aromatic N) is 1. The van der Waals surface area contributed by atoms with Gasteiger partial charge in [-0.15, -0.1) is 0 Å². The fourth-order valence-electron chi connectivity index (χ4n) is 0.519. The largest absolute Gasteiger partial charge is 0.384 e. The molecule has 2 heteroatoms. The number of aliphatic imine (C=N–C) groups is 1. The van der Waals surface area contributed by atoms with Crippen molar-refractivity contribution in [3.63, 3.8) is 0 Å². The van der Waals surface area contributed by atoms with Crippen LogP contribution < -0.4 is 5.32 Å². The van der Waals surface area contributed by atoms with Crippen LogP contribution in [0.25, 0.3) is 0 Å². The van der Waals surface area contributed by atoms with E-state index in [9.17, 15) is 0 Å². The van der Waals surface area contributed by atoms with E-state index in [0.717, 1.165) is 24.4 Å². The van der Waals surface area contributed by atoms with Crippen LogP contribution in [0.4, 0.5) is 0 Å². The molecule has 0 radical (unpaired) electrons. The van der Waals surface area contributed by atoms with Crippen LogP contribution in [-0.4, -0.2) is 12.8 Å². The fraction of sp³-hybridized carbons (Fsp3) is 0.545. The van der Waals surface area contributed by atoms with Crippen LogP contribution >= 0.6 is 0 Å². The van der Waals surface area contributed by atoms with Crippen molar-refractivity contribution in [2.75, 3.05) is 6.54 Å². The summed E-state index contributed by atoms with van der Waals surface area (Å²) in [6.07, 6.45) is 2.79. The summed E-state index contributed by atoms with van der Waals surface area (Å²) in [7, 11) is 0. The third-order valence-corrected chi connectivity index (χ3v) is 1.04. The minimum absolute atomic E-state index is 0.796. The van der Waals surface area contributed by atoms with Gasteiger partial charge in [0.1, 0.15) is 0 Å². The molecule has 0 bridgehead atoms. The summed E-state index contributed by atoms with van der Waals surface area (Å²) < 4.78 is 0. The molecule has 0 aliphatic rings. The van der Waals surface area contributed by atoms with Gasteiger partial charge in [0.15, 0.2) is 0 Å². The van der Waals surface area contributed by atoms with Crippen LogP contribution in [0.5, 0.6) is 0 Å². The molecule has 0 aromatic heterocycles. The maximum Gasteiger partial charge on any atom is 0.0496 e. The maximum absolute atomic E-state index is 4.00. The highest BCUT2D eigenvalue weighted by atomic mass is 14.9. The number of rotatable bonds is 5. The molecule has 0 aliphatic heterocycles. The zero-order valence-electron chi connectivity index (χ0n) is 9.35. The monoisotopic (exact) mass is 182 g/mol. The van der Waals surface area contributed by atoms with E-state index in [2.05, 4.69) is 30.4 Å². The summed E-state index contributed by atoms with van der Waals surface area (Å²) >= 11 is 0. The Morgan fingerprint density at radius 3 is 2.31 bits per heavy atom. The van der Waals surface area contributed by atoms with E-state index in [1.807, 2.05) is 20.8 Å². The van der Waals surface area contributed by atoms with Crippen molar-refractivity contribution in [3.8, 4) is 0 Å². The molecule has 0 spiro atoms. The van der Waals surface area contributed by atoms with Crippen LogP contribution in [0.15, 0.2) is 29.5 Å². The summed E-state index contributed by atoms with van der Waals surface area (Å²) in [6.45, 7) is 16.3. The Bertz CT molecular complexity index is 169. The highest BCUT2D eigenvalue weighted by Gasteiger charge is 1.84. The van der Waals surface area contributed by atoms with Gasteiger partial charge in [-0.25, -0.2) is 0 Å². The molecule has 1 N–H and O–H groups in total. The van der Waals surface area contributed by atoms with Crippen molar-refractivity contribution >= 4 is 6.21 Å². The van der Waals surface area contributed by atoms with Crippen LogP contribution in [0.1, 0.15) is 34.1 Å². The lowest BCUT2D eigenvalue weighted by Gasteiger charge is -2.01. The molecule has 0 heterocycles. The molecule has 0 aliphatic carbocycles. The third kappa shape index (κ3) is 13.9. The van der Waals surface area contributed by atoms with Gasteiger partial charge in [-0.3, -0.25) is 4.99 Å². The summed E-state index contributed by atoms with van der Waals surface area (Å²) in [5.41, 5.74) is 1.64. The highest BCUT2D eigenvalue weighted by molar-refractivity contribution is 5.77. The average Bonchev–Trinajstić information content (AvgIpc) is 2.14. The van der Waals surface area contributed by atoms with Crippen molar-refractivity contribution in [1.82, 2.24) is 5.32 Å². The molecule has 0 unspecified atom stereocenters. The smallest absolute Gasteiger partial charge is 0.0496 e. The minimum atomic E-state index is 0.796. The van der Waals surface area contributed by atoms with E-state index in [1.54, 1.807) is 6.21 Å². The van der Waals surface area contributed by atoms with E-state index < -0.39 is 0 Å². The Morgan fingerprint density at radius 2 is 1.92 bits per heavy atom. The number of hydrogen-bond donors (Lipinski definition) is 1. The summed E-state index contributed by atoms with van der Waals surface area (Å²) in [5, 5.41) is 3.10. The molecule has 13 heavy (non-hydrogen) atoms. The van der Waals surface area contributed by atoms with Gasteiger partial charge < -0.3 is 5.32 Å². The van der Waals surface area contributed by atoms with Crippen LogP contribution in [-0.2, 0) is 0 Å². The molecular formula is C11H22N2. The molecule has 0 rings (SSSR count). The normalized spacial score (nSPS) is 8.92. The molecule has 76 valence electrons. The maximum atomic E-state index is 4.00. The topological polar surface area (TPSA) is 24.4 Å². The van der Waals surface area contributed by atoms with E-state index >= 15 is 0 Å². The first-order chi connectivity index (χ1) is 6.16. The second-order valence-corrected chi connectivity index (χ2v) is 2.45. The summed E-state index contributed by atoms with van der Waals surface area (Å²) in [4.78, 5) is 4.00. The Labute approximate surface area is 82.5 Å².